The molecule has 2 saturated heterocycles. The second kappa shape index (κ2) is 6.02. The molecule has 0 N–H and O–H groups in total. The van der Waals surface area contributed by atoms with E-state index < -0.39 is 0 Å². The standard InChI is InChI=1S/C13H20N4O2/c1-15(6-2-5-14)13(19)10-16-7-8-17-11(9-16)3-4-12(17)18/h11H,2-4,6-10H2,1H3. The number of nitrogens with zero attached hydrogens (tertiary/aromatic N) is 4. The number of carbonyl (C=O) groups is 2. The van der Waals surface area contributed by atoms with Gasteiger partial charge < -0.3 is 9.80 Å². The van der Waals surface area contributed by atoms with Gasteiger partial charge in [-0.2, -0.15) is 5.26 Å². The molecular formula is C13H20N4O2. The lowest BCUT2D eigenvalue weighted by atomic mass is 10.1. The largest absolute Gasteiger partial charge is 0.344 e. The smallest absolute Gasteiger partial charge is 0.236 e. The van der Waals surface area contributed by atoms with Crippen LogP contribution in [0.2, 0.25) is 0 Å². The molecule has 6 heteroatoms. The Morgan fingerprint density at radius 2 is 2.32 bits per heavy atom. The van der Waals surface area contributed by atoms with Crippen LogP contribution in [0.3, 0.4) is 0 Å². The third-order valence-corrected chi connectivity index (χ3v) is 3.92. The molecule has 19 heavy (non-hydrogen) atoms. The van der Waals surface area contributed by atoms with Crippen molar-refractivity contribution in [2.24, 2.45) is 0 Å². The minimum atomic E-state index is 0.0491. The Balaban J connectivity index is 1.80. The maximum absolute atomic E-state index is 12.0. The van der Waals surface area contributed by atoms with Crippen LogP contribution in [0.4, 0.5) is 0 Å². The van der Waals surface area contributed by atoms with Gasteiger partial charge >= 0.3 is 0 Å². The van der Waals surface area contributed by atoms with Crippen LogP contribution in [0.15, 0.2) is 0 Å². The Morgan fingerprint density at radius 3 is 3.05 bits per heavy atom. The number of likely N-dealkylation sites (N-methyl/N-ethyl adjacent to an activating group) is 1. The van der Waals surface area contributed by atoms with Crippen molar-refractivity contribution in [3.05, 3.63) is 0 Å². The molecule has 1 unspecified atom stereocenters. The minimum absolute atomic E-state index is 0.0491. The van der Waals surface area contributed by atoms with E-state index in [1.54, 1.807) is 11.9 Å². The van der Waals surface area contributed by atoms with Gasteiger partial charge in [-0.25, -0.2) is 0 Å². The molecule has 0 radical (unpaired) electrons. The summed E-state index contributed by atoms with van der Waals surface area (Å²) in [6, 6.07) is 2.33. The van der Waals surface area contributed by atoms with Crippen LogP contribution in [0.25, 0.3) is 0 Å². The lowest BCUT2D eigenvalue weighted by molar-refractivity contribution is -0.133. The fourth-order valence-electron chi connectivity index (χ4n) is 2.73. The zero-order valence-corrected chi connectivity index (χ0v) is 11.3. The molecule has 0 bridgehead atoms. The molecule has 0 aromatic heterocycles. The van der Waals surface area contributed by atoms with Gasteiger partial charge in [-0.3, -0.25) is 14.5 Å². The maximum atomic E-state index is 12.0. The highest BCUT2D eigenvalue weighted by Crippen LogP contribution is 2.22. The molecule has 6 nitrogen and oxygen atoms in total. The van der Waals surface area contributed by atoms with Gasteiger partial charge in [0.1, 0.15) is 0 Å². The molecule has 1 atom stereocenters. The molecule has 2 amide bonds. The lowest BCUT2D eigenvalue weighted by Crippen LogP contribution is -2.53. The van der Waals surface area contributed by atoms with Crippen molar-refractivity contribution in [1.82, 2.24) is 14.7 Å². The topological polar surface area (TPSA) is 67.7 Å². The Bertz CT molecular complexity index is 404. The van der Waals surface area contributed by atoms with E-state index >= 15 is 0 Å². The van der Waals surface area contributed by atoms with Crippen LogP contribution in [0, 0.1) is 11.3 Å². The summed E-state index contributed by atoms with van der Waals surface area (Å²) in [6.45, 7) is 3.17. The first-order valence-electron chi connectivity index (χ1n) is 6.74. The monoisotopic (exact) mass is 264 g/mol. The van der Waals surface area contributed by atoms with Crippen molar-refractivity contribution in [3.63, 3.8) is 0 Å². The Labute approximate surface area is 113 Å². The molecule has 0 aromatic rings. The van der Waals surface area contributed by atoms with Gasteiger partial charge in [0.2, 0.25) is 11.8 Å². The van der Waals surface area contributed by atoms with Crippen LogP contribution >= 0.6 is 0 Å². The highest BCUT2D eigenvalue weighted by Gasteiger charge is 2.35. The van der Waals surface area contributed by atoms with Crippen molar-refractivity contribution >= 4 is 11.8 Å². The van der Waals surface area contributed by atoms with E-state index in [2.05, 4.69) is 4.90 Å². The third kappa shape index (κ3) is 3.24. The SMILES string of the molecule is CN(CCC#N)C(=O)CN1CCN2C(=O)CCC2C1. The van der Waals surface area contributed by atoms with Crippen LogP contribution in [-0.2, 0) is 9.59 Å². The van der Waals surface area contributed by atoms with Crippen molar-refractivity contribution in [3.8, 4) is 6.07 Å². The average molecular weight is 264 g/mol. The molecule has 0 spiro atoms. The van der Waals surface area contributed by atoms with Gasteiger partial charge in [0.25, 0.3) is 0 Å². The Morgan fingerprint density at radius 1 is 1.53 bits per heavy atom. The normalized spacial score (nSPS) is 23.1. The number of fused-ring (bicyclic) bond motifs is 1. The molecule has 2 rings (SSSR count). The predicted octanol–water partition coefficient (Wildman–Crippen LogP) is -0.335. The molecule has 0 aliphatic carbocycles. The molecule has 104 valence electrons. The summed E-state index contributed by atoms with van der Waals surface area (Å²) < 4.78 is 0. The molecular weight excluding hydrogens is 244 g/mol. The molecule has 2 heterocycles. The van der Waals surface area contributed by atoms with Crippen LogP contribution in [-0.4, -0.2) is 72.3 Å². The van der Waals surface area contributed by atoms with E-state index in [0.717, 1.165) is 26.1 Å². The summed E-state index contributed by atoms with van der Waals surface area (Å²) in [4.78, 5) is 29.2. The van der Waals surface area contributed by atoms with Crippen LogP contribution in [0.1, 0.15) is 19.3 Å². The maximum Gasteiger partial charge on any atom is 0.236 e. The number of hydrogen-bond donors (Lipinski definition) is 0. The summed E-state index contributed by atoms with van der Waals surface area (Å²) >= 11 is 0. The molecule has 2 aliphatic rings. The van der Waals surface area contributed by atoms with Gasteiger partial charge in [-0.15, -0.1) is 0 Å². The fraction of sp³-hybridized carbons (Fsp3) is 0.769. The molecule has 0 saturated carbocycles. The van der Waals surface area contributed by atoms with Crippen molar-refractivity contribution in [1.29, 1.82) is 5.26 Å². The quantitative estimate of drug-likeness (QED) is 0.697. The summed E-state index contributed by atoms with van der Waals surface area (Å²) in [6.07, 6.45) is 1.93. The van der Waals surface area contributed by atoms with Gasteiger partial charge in [0.15, 0.2) is 0 Å². The third-order valence-electron chi connectivity index (χ3n) is 3.92. The second-order valence-corrected chi connectivity index (χ2v) is 5.24. The molecule has 2 aliphatic heterocycles. The van der Waals surface area contributed by atoms with Crippen LogP contribution < -0.4 is 0 Å². The number of piperazine rings is 1. The number of carbonyl (C=O) groups excluding carboxylic acids is 2. The van der Waals surface area contributed by atoms with Gasteiger partial charge in [0, 0.05) is 45.7 Å². The number of nitriles is 1. The Kier molecular flexibility index (Phi) is 4.38. The van der Waals surface area contributed by atoms with E-state index in [1.165, 1.54) is 0 Å². The van der Waals surface area contributed by atoms with Crippen LogP contribution in [0.5, 0.6) is 0 Å². The predicted molar refractivity (Wildman–Crippen MR) is 69.0 cm³/mol. The van der Waals surface area contributed by atoms with Crippen molar-refractivity contribution < 1.29 is 9.59 Å². The average Bonchev–Trinajstić information content (AvgIpc) is 2.77. The number of amides is 2. The zero-order valence-electron chi connectivity index (χ0n) is 11.3. The lowest BCUT2D eigenvalue weighted by Gasteiger charge is -2.37. The van der Waals surface area contributed by atoms with Gasteiger partial charge in [-0.1, -0.05) is 0 Å². The van der Waals surface area contributed by atoms with Crippen molar-refractivity contribution in [2.45, 2.75) is 25.3 Å². The number of hydrogen-bond acceptors (Lipinski definition) is 4. The second-order valence-electron chi connectivity index (χ2n) is 5.24. The first-order valence-corrected chi connectivity index (χ1v) is 6.74. The van der Waals surface area contributed by atoms with E-state index in [0.29, 0.717) is 32.0 Å². The van der Waals surface area contributed by atoms with Gasteiger partial charge in [0.05, 0.1) is 19.0 Å². The molecule has 0 aromatic carbocycles. The fourth-order valence-corrected chi connectivity index (χ4v) is 2.73. The summed E-state index contributed by atoms with van der Waals surface area (Å²) in [5.41, 5.74) is 0. The highest BCUT2D eigenvalue weighted by molar-refractivity contribution is 5.79. The van der Waals surface area contributed by atoms with E-state index in [4.69, 9.17) is 5.26 Å². The van der Waals surface area contributed by atoms with E-state index in [-0.39, 0.29) is 11.8 Å². The van der Waals surface area contributed by atoms with E-state index in [1.807, 2.05) is 11.0 Å². The first kappa shape index (κ1) is 13.8. The zero-order chi connectivity index (χ0) is 13.8. The van der Waals surface area contributed by atoms with Gasteiger partial charge in [-0.05, 0) is 6.42 Å². The summed E-state index contributed by atoms with van der Waals surface area (Å²) in [7, 11) is 1.73. The van der Waals surface area contributed by atoms with Crippen molar-refractivity contribution in [2.75, 3.05) is 39.8 Å². The molecule has 2 fully saturated rings. The minimum Gasteiger partial charge on any atom is -0.344 e. The Hall–Kier alpha value is -1.61. The highest BCUT2D eigenvalue weighted by atomic mass is 16.2. The summed E-state index contributed by atoms with van der Waals surface area (Å²) in [5.74, 6) is 0.301. The number of rotatable bonds is 4. The first-order chi connectivity index (χ1) is 9.11. The summed E-state index contributed by atoms with van der Waals surface area (Å²) in [5, 5.41) is 8.51. The van der Waals surface area contributed by atoms with E-state index in [9.17, 15) is 9.59 Å².